The van der Waals surface area contributed by atoms with E-state index in [2.05, 4.69) is 0 Å². The number of halogens is 2. The average molecular weight is 460 g/mol. The Morgan fingerprint density at radius 3 is 2.52 bits per heavy atom. The summed E-state index contributed by atoms with van der Waals surface area (Å²) in [6.45, 7) is 6.72. The molecule has 1 aliphatic heterocycles. The Morgan fingerprint density at radius 1 is 1.24 bits per heavy atom. The lowest BCUT2D eigenvalue weighted by molar-refractivity contribution is 0.000514. The molecule has 1 aliphatic carbocycles. The van der Waals surface area contributed by atoms with Crippen LogP contribution in [0.5, 0.6) is 0 Å². The maximum absolute atomic E-state index is 14.3. The minimum absolute atomic E-state index is 0.101. The molecule has 5 nitrogen and oxygen atoms in total. The standard InChI is InChI=1S/C18H22FIN2O3/c1-17(2,3)25-16(24)21-9-10-22(18(11-21)7-8-18)15(23)12-5-4-6-13(20)14(12)19/h4-6H,7-11H2,1-3H3. The van der Waals surface area contributed by atoms with Gasteiger partial charge in [0, 0.05) is 23.2 Å². The first-order valence-corrected chi connectivity index (χ1v) is 9.45. The maximum Gasteiger partial charge on any atom is 0.410 e. The van der Waals surface area contributed by atoms with E-state index in [1.54, 1.807) is 21.9 Å². The van der Waals surface area contributed by atoms with Crippen LogP contribution < -0.4 is 0 Å². The largest absolute Gasteiger partial charge is 0.444 e. The SMILES string of the molecule is CC(C)(C)OC(=O)N1CCN(C(=O)c2cccc(I)c2F)C2(CC2)C1. The number of benzene rings is 1. The van der Waals surface area contributed by atoms with Crippen LogP contribution in [0.2, 0.25) is 0 Å². The van der Waals surface area contributed by atoms with Gasteiger partial charge in [0.25, 0.3) is 5.91 Å². The van der Waals surface area contributed by atoms with Gasteiger partial charge in [-0.3, -0.25) is 4.79 Å². The monoisotopic (exact) mass is 460 g/mol. The van der Waals surface area contributed by atoms with E-state index in [4.69, 9.17) is 4.74 Å². The van der Waals surface area contributed by atoms with E-state index in [-0.39, 0.29) is 23.1 Å². The molecule has 2 fully saturated rings. The Labute approximate surface area is 160 Å². The van der Waals surface area contributed by atoms with Gasteiger partial charge < -0.3 is 14.5 Å². The van der Waals surface area contributed by atoms with Gasteiger partial charge in [-0.2, -0.15) is 0 Å². The molecule has 7 heteroatoms. The molecule has 1 spiro atoms. The molecule has 0 aromatic heterocycles. The van der Waals surface area contributed by atoms with Gasteiger partial charge in [-0.25, -0.2) is 9.18 Å². The van der Waals surface area contributed by atoms with Crippen LogP contribution in [-0.2, 0) is 4.74 Å². The van der Waals surface area contributed by atoms with Crippen LogP contribution in [0.25, 0.3) is 0 Å². The normalized spacial score (nSPS) is 19.1. The number of piperazine rings is 1. The van der Waals surface area contributed by atoms with Crippen LogP contribution in [-0.4, -0.2) is 52.6 Å². The van der Waals surface area contributed by atoms with Gasteiger partial charge in [-0.1, -0.05) is 6.07 Å². The minimum atomic E-state index is -0.551. The number of carbonyl (C=O) groups is 2. The summed E-state index contributed by atoms with van der Waals surface area (Å²) in [4.78, 5) is 28.6. The van der Waals surface area contributed by atoms with Crippen molar-refractivity contribution in [2.75, 3.05) is 19.6 Å². The maximum atomic E-state index is 14.3. The van der Waals surface area contributed by atoms with Crippen LogP contribution in [0.15, 0.2) is 18.2 Å². The molecule has 1 saturated heterocycles. The molecule has 0 atom stereocenters. The number of hydrogen-bond donors (Lipinski definition) is 0. The summed E-state index contributed by atoms with van der Waals surface area (Å²) < 4.78 is 20.2. The van der Waals surface area contributed by atoms with E-state index in [1.165, 1.54) is 6.07 Å². The summed E-state index contributed by atoms with van der Waals surface area (Å²) >= 11 is 1.89. The van der Waals surface area contributed by atoms with Crippen molar-refractivity contribution in [1.29, 1.82) is 0 Å². The molecule has 0 unspecified atom stereocenters. The summed E-state index contributed by atoms with van der Waals surface area (Å²) in [5.74, 6) is -0.768. The average Bonchev–Trinajstić information content (AvgIpc) is 3.27. The van der Waals surface area contributed by atoms with E-state index in [9.17, 15) is 14.0 Å². The highest BCUT2D eigenvalue weighted by molar-refractivity contribution is 14.1. The predicted molar refractivity (Wildman–Crippen MR) is 99.9 cm³/mol. The molecule has 1 heterocycles. The van der Waals surface area contributed by atoms with Gasteiger partial charge >= 0.3 is 6.09 Å². The number of hydrogen-bond acceptors (Lipinski definition) is 3. The highest BCUT2D eigenvalue weighted by atomic mass is 127. The fourth-order valence-corrected chi connectivity index (χ4v) is 3.66. The Balaban J connectivity index is 1.75. The second-order valence-corrected chi connectivity index (χ2v) is 8.85. The summed E-state index contributed by atoms with van der Waals surface area (Å²) in [6.07, 6.45) is 1.29. The molecule has 2 amide bonds. The molecule has 1 aromatic rings. The van der Waals surface area contributed by atoms with Crippen molar-refractivity contribution < 1.29 is 18.7 Å². The molecule has 1 saturated carbocycles. The van der Waals surface area contributed by atoms with Crippen LogP contribution in [0.3, 0.4) is 0 Å². The topological polar surface area (TPSA) is 49.9 Å². The first kappa shape index (κ1) is 18.4. The van der Waals surface area contributed by atoms with Gasteiger partial charge in [0.2, 0.25) is 0 Å². The minimum Gasteiger partial charge on any atom is -0.444 e. The fraction of sp³-hybridized carbons (Fsp3) is 0.556. The zero-order chi connectivity index (χ0) is 18.4. The summed E-state index contributed by atoms with van der Waals surface area (Å²) in [5.41, 5.74) is -0.825. The van der Waals surface area contributed by atoms with E-state index < -0.39 is 11.4 Å². The van der Waals surface area contributed by atoms with E-state index in [0.29, 0.717) is 23.2 Å². The Bertz CT molecular complexity index is 713. The molecule has 3 rings (SSSR count). The smallest absolute Gasteiger partial charge is 0.410 e. The van der Waals surface area contributed by atoms with Crippen molar-refractivity contribution >= 4 is 34.6 Å². The van der Waals surface area contributed by atoms with Crippen LogP contribution >= 0.6 is 22.6 Å². The Hall–Kier alpha value is -1.38. The third-order valence-electron chi connectivity index (χ3n) is 4.56. The molecule has 0 radical (unpaired) electrons. The van der Waals surface area contributed by atoms with Gasteiger partial charge in [0.05, 0.1) is 11.1 Å². The van der Waals surface area contributed by atoms with Crippen LogP contribution in [0.1, 0.15) is 44.0 Å². The lowest BCUT2D eigenvalue weighted by atomic mass is 10.1. The van der Waals surface area contributed by atoms with E-state index in [1.807, 2.05) is 43.4 Å². The number of rotatable bonds is 1. The van der Waals surface area contributed by atoms with Crippen molar-refractivity contribution in [2.24, 2.45) is 0 Å². The first-order chi connectivity index (χ1) is 11.6. The zero-order valence-electron chi connectivity index (χ0n) is 14.6. The quantitative estimate of drug-likeness (QED) is 0.602. The van der Waals surface area contributed by atoms with Crippen molar-refractivity contribution in [1.82, 2.24) is 9.80 Å². The van der Waals surface area contributed by atoms with Gasteiger partial charge in [-0.15, -0.1) is 0 Å². The van der Waals surface area contributed by atoms with Crippen molar-refractivity contribution in [2.45, 2.75) is 44.8 Å². The summed E-state index contributed by atoms with van der Waals surface area (Å²) in [7, 11) is 0. The lowest BCUT2D eigenvalue weighted by Crippen LogP contribution is -2.58. The molecule has 1 aromatic carbocycles. The molecule has 25 heavy (non-hydrogen) atoms. The summed E-state index contributed by atoms with van der Waals surface area (Å²) in [6, 6.07) is 4.85. The third-order valence-corrected chi connectivity index (χ3v) is 5.39. The zero-order valence-corrected chi connectivity index (χ0v) is 16.8. The van der Waals surface area contributed by atoms with Crippen LogP contribution in [0, 0.1) is 9.39 Å². The van der Waals surface area contributed by atoms with E-state index >= 15 is 0 Å². The number of carbonyl (C=O) groups excluding carboxylic acids is 2. The van der Waals surface area contributed by atoms with Crippen molar-refractivity contribution in [3.05, 3.63) is 33.1 Å². The first-order valence-electron chi connectivity index (χ1n) is 8.37. The lowest BCUT2D eigenvalue weighted by Gasteiger charge is -2.42. The van der Waals surface area contributed by atoms with E-state index in [0.717, 1.165) is 12.8 Å². The molecule has 0 bridgehead atoms. The fourth-order valence-electron chi connectivity index (χ4n) is 3.16. The second kappa shape index (κ2) is 6.41. The van der Waals surface area contributed by atoms with Crippen molar-refractivity contribution in [3.8, 4) is 0 Å². The number of nitrogens with zero attached hydrogens (tertiary/aromatic N) is 2. The molecular weight excluding hydrogens is 438 g/mol. The van der Waals surface area contributed by atoms with Crippen molar-refractivity contribution in [3.63, 3.8) is 0 Å². The van der Waals surface area contributed by atoms with Gasteiger partial charge in [-0.05, 0) is 68.3 Å². The highest BCUT2D eigenvalue weighted by Gasteiger charge is 2.54. The molecule has 0 N–H and O–H groups in total. The highest BCUT2D eigenvalue weighted by Crippen LogP contribution is 2.45. The van der Waals surface area contributed by atoms with Gasteiger partial charge in [0.15, 0.2) is 0 Å². The Morgan fingerprint density at radius 2 is 1.92 bits per heavy atom. The Kier molecular flexibility index (Phi) is 4.72. The summed E-state index contributed by atoms with van der Waals surface area (Å²) in [5, 5.41) is 0. The third kappa shape index (κ3) is 3.75. The molecular formula is C18H22FIN2O3. The number of ether oxygens (including phenoxy) is 1. The molecule has 2 aliphatic rings. The van der Waals surface area contributed by atoms with Crippen LogP contribution in [0.4, 0.5) is 9.18 Å². The van der Waals surface area contributed by atoms with Gasteiger partial charge in [0.1, 0.15) is 11.4 Å². The predicted octanol–water partition coefficient (Wildman–Crippen LogP) is 3.66. The second-order valence-electron chi connectivity index (χ2n) is 7.68. The molecule has 136 valence electrons. The number of amides is 2.